The van der Waals surface area contributed by atoms with Crippen LogP contribution in [0, 0.1) is 11.6 Å². The number of methoxy groups -OCH3 is 1. The molecule has 6 rings (SSSR count). The number of ether oxygens (including phenoxy) is 2. The summed E-state index contributed by atoms with van der Waals surface area (Å²) in [6.45, 7) is -0.375. The van der Waals surface area contributed by atoms with Crippen LogP contribution in [0.4, 0.5) is 20.3 Å². The van der Waals surface area contributed by atoms with Crippen LogP contribution >= 0.6 is 11.6 Å². The monoisotopic (exact) mass is 607 g/mol. The number of benzene rings is 3. The van der Waals surface area contributed by atoms with Gasteiger partial charge in [-0.25, -0.2) is 18.7 Å². The molecule has 0 radical (unpaired) electrons. The standard InChI is InChI=1S/C29H20ClF2N5O6/c1-42-22-10-20-16(26(34-12-33-20)35-19-4-2-3-17(30)25(19)32)9-23(22)43-11-13-7-14-15(8-18(13)31)29(41)37(28(14)40)21-5-6-24(38)36-27(21)39/h2-4,7-10,12,21H,5-6,11H2,1H3,(H,33,34,35)(H,36,38,39). The maximum absolute atomic E-state index is 15.2. The number of imide groups is 2. The molecule has 2 aliphatic rings. The largest absolute Gasteiger partial charge is 0.493 e. The fourth-order valence-electron chi connectivity index (χ4n) is 4.97. The Bertz CT molecular complexity index is 1870. The van der Waals surface area contributed by atoms with Crippen LogP contribution in [-0.2, 0) is 16.2 Å². The van der Waals surface area contributed by atoms with Crippen LogP contribution in [0.2, 0.25) is 5.02 Å². The lowest BCUT2D eigenvalue weighted by atomic mass is 10.0. The van der Waals surface area contributed by atoms with Gasteiger partial charge in [0.15, 0.2) is 17.3 Å². The van der Waals surface area contributed by atoms with Gasteiger partial charge in [-0.3, -0.25) is 29.4 Å². The number of piperidine rings is 1. The number of fused-ring (bicyclic) bond motifs is 2. The molecular formula is C29H20ClF2N5O6. The third-order valence-corrected chi connectivity index (χ3v) is 7.41. The summed E-state index contributed by atoms with van der Waals surface area (Å²) < 4.78 is 41.0. The van der Waals surface area contributed by atoms with Crippen LogP contribution in [0.15, 0.2) is 48.8 Å². The highest BCUT2D eigenvalue weighted by atomic mass is 35.5. The van der Waals surface area contributed by atoms with Crippen molar-refractivity contribution in [2.75, 3.05) is 12.4 Å². The van der Waals surface area contributed by atoms with E-state index in [9.17, 15) is 23.6 Å². The molecule has 1 unspecified atom stereocenters. The first kappa shape index (κ1) is 28.0. The molecule has 3 heterocycles. The Labute approximate surface area is 246 Å². The maximum Gasteiger partial charge on any atom is 0.262 e. The van der Waals surface area contributed by atoms with Crippen molar-refractivity contribution in [3.8, 4) is 11.5 Å². The summed E-state index contributed by atoms with van der Waals surface area (Å²) >= 11 is 5.90. The van der Waals surface area contributed by atoms with Gasteiger partial charge in [0.05, 0.1) is 34.5 Å². The Balaban J connectivity index is 1.28. The van der Waals surface area contributed by atoms with Gasteiger partial charge in [0.2, 0.25) is 11.8 Å². The lowest BCUT2D eigenvalue weighted by Crippen LogP contribution is -2.54. The number of amides is 4. The smallest absolute Gasteiger partial charge is 0.262 e. The molecule has 0 spiro atoms. The topological polar surface area (TPSA) is 140 Å². The molecule has 11 nitrogen and oxygen atoms in total. The highest BCUT2D eigenvalue weighted by Crippen LogP contribution is 2.37. The molecule has 0 saturated carbocycles. The minimum absolute atomic E-state index is 0.0269. The van der Waals surface area contributed by atoms with E-state index >= 15 is 4.39 Å². The summed E-state index contributed by atoms with van der Waals surface area (Å²) in [7, 11) is 1.40. The summed E-state index contributed by atoms with van der Waals surface area (Å²) in [4.78, 5) is 59.1. The molecule has 1 atom stereocenters. The number of anilines is 2. The van der Waals surface area contributed by atoms with Crippen LogP contribution in [0.5, 0.6) is 11.5 Å². The number of carbonyl (C=O) groups is 4. The molecule has 4 amide bonds. The molecule has 1 fully saturated rings. The van der Waals surface area contributed by atoms with Gasteiger partial charge in [0.1, 0.15) is 30.6 Å². The molecule has 1 saturated heterocycles. The fourth-order valence-corrected chi connectivity index (χ4v) is 5.14. The van der Waals surface area contributed by atoms with Crippen molar-refractivity contribution in [3.63, 3.8) is 0 Å². The first-order chi connectivity index (χ1) is 20.7. The molecule has 2 N–H and O–H groups in total. The second-order valence-electron chi connectivity index (χ2n) is 9.69. The fraction of sp³-hybridized carbons (Fsp3) is 0.172. The maximum atomic E-state index is 15.2. The highest BCUT2D eigenvalue weighted by molar-refractivity contribution is 6.31. The van der Waals surface area contributed by atoms with Gasteiger partial charge in [-0.2, -0.15) is 0 Å². The second-order valence-corrected chi connectivity index (χ2v) is 10.1. The number of nitrogens with one attached hydrogen (secondary N) is 2. The zero-order valence-corrected chi connectivity index (χ0v) is 23.0. The van der Waals surface area contributed by atoms with E-state index in [0.29, 0.717) is 10.9 Å². The quantitative estimate of drug-likeness (QED) is 0.294. The van der Waals surface area contributed by atoms with Crippen molar-refractivity contribution in [1.82, 2.24) is 20.2 Å². The molecule has 218 valence electrons. The molecule has 1 aromatic heterocycles. The Hall–Kier alpha value is -5.17. The van der Waals surface area contributed by atoms with Crippen LogP contribution < -0.4 is 20.1 Å². The molecule has 43 heavy (non-hydrogen) atoms. The van der Waals surface area contributed by atoms with Crippen LogP contribution in [0.25, 0.3) is 10.9 Å². The normalized spacial score (nSPS) is 16.4. The lowest BCUT2D eigenvalue weighted by molar-refractivity contribution is -0.136. The number of hydrogen-bond acceptors (Lipinski definition) is 9. The molecule has 0 bridgehead atoms. The predicted octanol–water partition coefficient (Wildman–Crippen LogP) is 4.29. The molecule has 4 aromatic rings. The van der Waals surface area contributed by atoms with E-state index in [2.05, 4.69) is 20.6 Å². The van der Waals surface area contributed by atoms with Gasteiger partial charge in [-0.15, -0.1) is 0 Å². The summed E-state index contributed by atoms with van der Waals surface area (Å²) in [6.07, 6.45) is 1.21. The highest BCUT2D eigenvalue weighted by Gasteiger charge is 2.45. The van der Waals surface area contributed by atoms with Crippen molar-refractivity contribution in [3.05, 3.63) is 82.1 Å². The zero-order chi connectivity index (χ0) is 30.4. The van der Waals surface area contributed by atoms with Crippen LogP contribution in [0.1, 0.15) is 39.1 Å². The number of rotatable bonds is 7. The van der Waals surface area contributed by atoms with Gasteiger partial charge in [0, 0.05) is 23.4 Å². The van der Waals surface area contributed by atoms with Crippen molar-refractivity contribution in [2.24, 2.45) is 0 Å². The molecule has 2 aliphatic heterocycles. The van der Waals surface area contributed by atoms with Crippen molar-refractivity contribution in [1.29, 1.82) is 0 Å². The van der Waals surface area contributed by atoms with E-state index in [1.165, 1.54) is 37.7 Å². The Morgan fingerprint density at radius 1 is 1.05 bits per heavy atom. The number of carbonyl (C=O) groups excluding carboxylic acids is 4. The summed E-state index contributed by atoms with van der Waals surface area (Å²) in [5.41, 5.74) is 0.182. The Morgan fingerprint density at radius 2 is 1.81 bits per heavy atom. The van der Waals surface area contributed by atoms with Crippen molar-refractivity contribution < 1.29 is 37.4 Å². The predicted molar refractivity (Wildman–Crippen MR) is 148 cm³/mol. The van der Waals surface area contributed by atoms with E-state index in [0.717, 1.165) is 11.0 Å². The molecule has 3 aromatic carbocycles. The molecular weight excluding hydrogens is 588 g/mol. The van der Waals surface area contributed by atoms with Gasteiger partial charge in [-0.1, -0.05) is 17.7 Å². The Kier molecular flexibility index (Phi) is 7.10. The van der Waals surface area contributed by atoms with E-state index < -0.39 is 41.3 Å². The summed E-state index contributed by atoms with van der Waals surface area (Å²) in [5.74, 6) is -3.71. The molecule has 14 heteroatoms. The summed E-state index contributed by atoms with van der Waals surface area (Å²) in [6, 6.07) is 8.50. The van der Waals surface area contributed by atoms with Crippen LogP contribution in [0.3, 0.4) is 0 Å². The van der Waals surface area contributed by atoms with Crippen molar-refractivity contribution >= 4 is 57.6 Å². The average Bonchev–Trinajstić information content (AvgIpc) is 3.22. The van der Waals surface area contributed by atoms with E-state index in [1.807, 2.05) is 0 Å². The first-order valence-electron chi connectivity index (χ1n) is 12.9. The number of aromatic nitrogens is 2. The third kappa shape index (κ3) is 4.97. The Morgan fingerprint density at radius 3 is 2.56 bits per heavy atom. The van der Waals surface area contributed by atoms with E-state index in [1.54, 1.807) is 12.1 Å². The van der Waals surface area contributed by atoms with Gasteiger partial charge in [0.25, 0.3) is 11.8 Å². The van der Waals surface area contributed by atoms with Crippen molar-refractivity contribution in [2.45, 2.75) is 25.5 Å². The summed E-state index contributed by atoms with van der Waals surface area (Å²) in [5, 5.41) is 5.35. The second kappa shape index (κ2) is 10.9. The average molecular weight is 608 g/mol. The van der Waals surface area contributed by atoms with Gasteiger partial charge < -0.3 is 14.8 Å². The van der Waals surface area contributed by atoms with E-state index in [4.69, 9.17) is 21.1 Å². The molecule has 0 aliphatic carbocycles. The minimum atomic E-state index is -1.18. The van der Waals surface area contributed by atoms with Gasteiger partial charge in [-0.05, 0) is 36.8 Å². The number of nitrogens with zero attached hydrogens (tertiary/aromatic N) is 3. The third-order valence-electron chi connectivity index (χ3n) is 7.12. The number of hydrogen-bond donors (Lipinski definition) is 2. The van der Waals surface area contributed by atoms with E-state index in [-0.39, 0.29) is 64.2 Å². The van der Waals surface area contributed by atoms with Gasteiger partial charge >= 0.3 is 0 Å². The minimum Gasteiger partial charge on any atom is -0.493 e. The first-order valence-corrected chi connectivity index (χ1v) is 13.2. The lowest BCUT2D eigenvalue weighted by Gasteiger charge is -2.27. The SMILES string of the molecule is COc1cc2ncnc(Nc3cccc(Cl)c3F)c2cc1OCc1cc2c(cc1F)C(=O)N(C1CCC(=O)NC1=O)C2=O. The van der Waals surface area contributed by atoms with Crippen LogP contribution in [-0.4, -0.2) is 51.6 Å². The number of halogens is 3. The zero-order valence-electron chi connectivity index (χ0n) is 22.2.